The average Bonchev–Trinajstić information content (AvgIpc) is 3.15. The van der Waals surface area contributed by atoms with E-state index in [1.807, 2.05) is 25.2 Å². The molecule has 1 unspecified atom stereocenters. The van der Waals surface area contributed by atoms with E-state index in [1.54, 1.807) is 6.92 Å². The molecule has 1 heterocycles. The number of anilines is 1. The lowest BCUT2D eigenvalue weighted by Gasteiger charge is -2.07. The number of nitrogens with two attached hydrogens (primary N) is 1. The zero-order valence-electron chi connectivity index (χ0n) is 11.2. The van der Waals surface area contributed by atoms with Gasteiger partial charge in [-0.15, -0.1) is 0 Å². The molecule has 1 aromatic carbocycles. The normalized spacial score (nSPS) is 16.6. The Kier molecular flexibility index (Phi) is 2.78. The van der Waals surface area contributed by atoms with Crippen LogP contribution < -0.4 is 11.1 Å². The number of carbonyl (C=O) groups excluding carboxylic acids is 1. The van der Waals surface area contributed by atoms with Gasteiger partial charge in [0.25, 0.3) is 0 Å². The van der Waals surface area contributed by atoms with E-state index >= 15 is 0 Å². The largest absolute Gasteiger partial charge is 0.331 e. The Morgan fingerprint density at radius 3 is 2.89 bits per heavy atom. The van der Waals surface area contributed by atoms with Crippen LogP contribution in [0.4, 0.5) is 5.69 Å². The highest BCUT2D eigenvalue weighted by atomic mass is 16.2. The molecule has 1 aliphatic carbocycles. The van der Waals surface area contributed by atoms with Gasteiger partial charge in [0, 0.05) is 18.7 Å². The minimum Gasteiger partial charge on any atom is -0.331 e. The SMILES string of the molecule is CC(N)C(=O)Nc1ccc2c(c1)nc(C1CC1)n2C. The van der Waals surface area contributed by atoms with Crippen molar-refractivity contribution in [3.63, 3.8) is 0 Å². The second-order valence-electron chi connectivity index (χ2n) is 5.28. The van der Waals surface area contributed by atoms with Crippen LogP contribution in [0, 0.1) is 0 Å². The molecule has 1 aliphatic rings. The van der Waals surface area contributed by atoms with Crippen LogP contribution >= 0.6 is 0 Å². The minimum absolute atomic E-state index is 0.183. The molecule has 0 radical (unpaired) electrons. The van der Waals surface area contributed by atoms with E-state index in [0.29, 0.717) is 5.92 Å². The van der Waals surface area contributed by atoms with Crippen LogP contribution in [0.1, 0.15) is 31.5 Å². The molecular weight excluding hydrogens is 240 g/mol. The Morgan fingerprint density at radius 1 is 1.53 bits per heavy atom. The number of amides is 1. The average molecular weight is 258 g/mol. The fourth-order valence-electron chi connectivity index (χ4n) is 2.26. The summed E-state index contributed by atoms with van der Waals surface area (Å²) < 4.78 is 2.14. The van der Waals surface area contributed by atoms with Gasteiger partial charge in [-0.25, -0.2) is 4.98 Å². The number of aryl methyl sites for hydroxylation is 1. The maximum absolute atomic E-state index is 11.6. The van der Waals surface area contributed by atoms with Crippen LogP contribution in [0.25, 0.3) is 11.0 Å². The fraction of sp³-hybridized carbons (Fsp3) is 0.429. The first-order valence-electron chi connectivity index (χ1n) is 6.59. The van der Waals surface area contributed by atoms with Crippen molar-refractivity contribution in [1.82, 2.24) is 9.55 Å². The number of benzene rings is 1. The molecule has 1 fully saturated rings. The first-order chi connectivity index (χ1) is 9.06. The Bertz CT molecular complexity index is 640. The standard InChI is InChI=1S/C14H18N4O/c1-8(15)14(19)16-10-5-6-12-11(7-10)17-13(18(12)2)9-3-4-9/h5-9H,3-4,15H2,1-2H3,(H,16,19). The Hall–Kier alpha value is -1.88. The van der Waals surface area contributed by atoms with E-state index in [0.717, 1.165) is 22.5 Å². The van der Waals surface area contributed by atoms with Gasteiger partial charge in [-0.05, 0) is 38.0 Å². The van der Waals surface area contributed by atoms with E-state index in [-0.39, 0.29) is 5.91 Å². The van der Waals surface area contributed by atoms with Crippen molar-refractivity contribution in [1.29, 1.82) is 0 Å². The lowest BCUT2D eigenvalue weighted by atomic mass is 10.2. The van der Waals surface area contributed by atoms with Crippen molar-refractivity contribution < 1.29 is 4.79 Å². The lowest BCUT2D eigenvalue weighted by Crippen LogP contribution is -2.32. The third-order valence-corrected chi connectivity index (χ3v) is 3.54. The number of carbonyl (C=O) groups is 1. The summed E-state index contributed by atoms with van der Waals surface area (Å²) in [7, 11) is 2.04. The van der Waals surface area contributed by atoms with Crippen LogP contribution in [0.2, 0.25) is 0 Å². The molecule has 5 heteroatoms. The van der Waals surface area contributed by atoms with E-state index in [4.69, 9.17) is 5.73 Å². The molecule has 1 saturated carbocycles. The van der Waals surface area contributed by atoms with Crippen LogP contribution in [0.3, 0.4) is 0 Å². The molecule has 5 nitrogen and oxygen atoms in total. The quantitative estimate of drug-likeness (QED) is 0.880. The Balaban J connectivity index is 1.94. The van der Waals surface area contributed by atoms with Gasteiger partial charge in [0.15, 0.2) is 0 Å². The van der Waals surface area contributed by atoms with Crippen LogP contribution in [-0.2, 0) is 11.8 Å². The maximum Gasteiger partial charge on any atom is 0.240 e. The molecular formula is C14H18N4O. The summed E-state index contributed by atoms with van der Waals surface area (Å²) in [6, 6.07) is 5.27. The molecule has 0 bridgehead atoms. The Morgan fingerprint density at radius 2 is 2.26 bits per heavy atom. The lowest BCUT2D eigenvalue weighted by molar-refractivity contribution is -0.117. The van der Waals surface area contributed by atoms with E-state index in [2.05, 4.69) is 14.9 Å². The minimum atomic E-state index is -0.513. The number of rotatable bonds is 3. The molecule has 3 N–H and O–H groups in total. The predicted molar refractivity (Wildman–Crippen MR) is 75.0 cm³/mol. The topological polar surface area (TPSA) is 72.9 Å². The summed E-state index contributed by atoms with van der Waals surface area (Å²) in [5.74, 6) is 1.57. The highest BCUT2D eigenvalue weighted by Gasteiger charge is 2.28. The Labute approximate surface area is 111 Å². The van der Waals surface area contributed by atoms with Gasteiger partial charge in [0.1, 0.15) is 5.82 Å². The number of hydrogen-bond acceptors (Lipinski definition) is 3. The van der Waals surface area contributed by atoms with Crippen molar-refractivity contribution in [3.05, 3.63) is 24.0 Å². The number of hydrogen-bond donors (Lipinski definition) is 2. The third kappa shape index (κ3) is 2.21. The summed E-state index contributed by atoms with van der Waals surface area (Å²) in [5.41, 5.74) is 8.31. The summed E-state index contributed by atoms with van der Waals surface area (Å²) >= 11 is 0. The van der Waals surface area contributed by atoms with Gasteiger partial charge in [0.2, 0.25) is 5.91 Å². The van der Waals surface area contributed by atoms with E-state index in [9.17, 15) is 4.79 Å². The molecule has 0 aliphatic heterocycles. The van der Waals surface area contributed by atoms with Gasteiger partial charge in [-0.2, -0.15) is 0 Å². The molecule has 1 amide bonds. The third-order valence-electron chi connectivity index (χ3n) is 3.54. The van der Waals surface area contributed by atoms with Crippen LogP contribution in [0.5, 0.6) is 0 Å². The first-order valence-corrected chi connectivity index (χ1v) is 6.59. The van der Waals surface area contributed by atoms with Gasteiger partial charge in [0.05, 0.1) is 17.1 Å². The van der Waals surface area contributed by atoms with Gasteiger partial charge >= 0.3 is 0 Å². The first kappa shape index (κ1) is 12.2. The molecule has 100 valence electrons. The van der Waals surface area contributed by atoms with Crippen molar-refractivity contribution in [2.75, 3.05) is 5.32 Å². The predicted octanol–water partition coefficient (Wildman–Crippen LogP) is 1.74. The highest BCUT2D eigenvalue weighted by Crippen LogP contribution is 2.40. The van der Waals surface area contributed by atoms with Gasteiger partial charge < -0.3 is 15.6 Å². The second kappa shape index (κ2) is 4.35. The van der Waals surface area contributed by atoms with Crippen molar-refractivity contribution >= 4 is 22.6 Å². The highest BCUT2D eigenvalue weighted by molar-refractivity contribution is 5.96. The summed E-state index contributed by atoms with van der Waals surface area (Å²) in [6.45, 7) is 1.67. The molecule has 0 spiro atoms. The number of nitrogens with one attached hydrogen (secondary N) is 1. The molecule has 19 heavy (non-hydrogen) atoms. The van der Waals surface area contributed by atoms with Crippen LogP contribution in [-0.4, -0.2) is 21.5 Å². The number of aromatic nitrogens is 2. The zero-order valence-corrected chi connectivity index (χ0v) is 11.2. The molecule has 1 aromatic heterocycles. The number of nitrogens with zero attached hydrogens (tertiary/aromatic N) is 2. The smallest absolute Gasteiger partial charge is 0.240 e. The molecule has 0 saturated heterocycles. The van der Waals surface area contributed by atoms with Crippen LogP contribution in [0.15, 0.2) is 18.2 Å². The molecule has 3 rings (SSSR count). The van der Waals surface area contributed by atoms with Gasteiger partial charge in [-0.1, -0.05) is 0 Å². The fourth-order valence-corrected chi connectivity index (χ4v) is 2.26. The van der Waals surface area contributed by atoms with Gasteiger partial charge in [-0.3, -0.25) is 4.79 Å². The summed E-state index contributed by atoms with van der Waals surface area (Å²) in [5, 5.41) is 2.79. The monoisotopic (exact) mass is 258 g/mol. The van der Waals surface area contributed by atoms with Crippen molar-refractivity contribution in [2.24, 2.45) is 12.8 Å². The van der Waals surface area contributed by atoms with E-state index < -0.39 is 6.04 Å². The van der Waals surface area contributed by atoms with Crippen molar-refractivity contribution in [2.45, 2.75) is 31.7 Å². The second-order valence-corrected chi connectivity index (χ2v) is 5.28. The van der Waals surface area contributed by atoms with E-state index in [1.165, 1.54) is 12.8 Å². The molecule has 2 aromatic rings. The zero-order chi connectivity index (χ0) is 13.6. The number of fused-ring (bicyclic) bond motifs is 1. The van der Waals surface area contributed by atoms with Crippen molar-refractivity contribution in [3.8, 4) is 0 Å². The molecule has 1 atom stereocenters. The summed E-state index contributed by atoms with van der Waals surface area (Å²) in [4.78, 5) is 16.2. The summed E-state index contributed by atoms with van der Waals surface area (Å²) in [6.07, 6.45) is 2.46. The number of imidazole rings is 1. The maximum atomic E-state index is 11.6.